The van der Waals surface area contributed by atoms with Crippen LogP contribution in [-0.2, 0) is 10.0 Å². The highest BCUT2D eigenvalue weighted by Crippen LogP contribution is 2.29. The van der Waals surface area contributed by atoms with Gasteiger partial charge in [0.25, 0.3) is 10.0 Å². The molecule has 0 radical (unpaired) electrons. The first kappa shape index (κ1) is 17.8. The number of methoxy groups -OCH3 is 1. The summed E-state index contributed by atoms with van der Waals surface area (Å²) in [7, 11) is -2.36. The second kappa shape index (κ2) is 7.07. The van der Waals surface area contributed by atoms with E-state index in [0.717, 1.165) is 4.47 Å². The Morgan fingerprint density at radius 2 is 2.00 bits per heavy atom. The fourth-order valence-corrected chi connectivity index (χ4v) is 3.92. The predicted octanol–water partition coefficient (Wildman–Crippen LogP) is 4.10. The molecule has 0 aliphatic heterocycles. The molecule has 0 bridgehead atoms. The number of anilines is 1. The predicted molar refractivity (Wildman–Crippen MR) is 100 cm³/mol. The van der Waals surface area contributed by atoms with Gasteiger partial charge in [-0.25, -0.2) is 13.1 Å². The van der Waals surface area contributed by atoms with Crippen molar-refractivity contribution < 1.29 is 13.2 Å². The van der Waals surface area contributed by atoms with Crippen LogP contribution in [0.1, 0.15) is 0 Å². The Bertz CT molecular complexity index is 1020. The third-order valence-electron chi connectivity index (χ3n) is 3.38. The molecule has 1 aromatic heterocycles. The first-order valence-electron chi connectivity index (χ1n) is 7.06. The second-order valence-corrected chi connectivity index (χ2v) is 8.03. The zero-order chi connectivity index (χ0) is 18.0. The molecule has 0 unspecified atom stereocenters. The van der Waals surface area contributed by atoms with Crippen LogP contribution in [0.25, 0.3) is 5.69 Å². The van der Waals surface area contributed by atoms with E-state index in [4.69, 9.17) is 16.3 Å². The van der Waals surface area contributed by atoms with Crippen molar-refractivity contribution in [1.82, 2.24) is 9.78 Å². The van der Waals surface area contributed by atoms with Gasteiger partial charge >= 0.3 is 0 Å². The minimum absolute atomic E-state index is 0.0368. The molecule has 0 aliphatic carbocycles. The molecule has 0 saturated heterocycles. The van der Waals surface area contributed by atoms with E-state index in [-0.39, 0.29) is 9.92 Å². The average molecular weight is 443 g/mol. The molecule has 1 heterocycles. The number of halogens is 2. The number of hydrogen-bond acceptors (Lipinski definition) is 4. The first-order chi connectivity index (χ1) is 11.9. The van der Waals surface area contributed by atoms with Crippen molar-refractivity contribution in [1.29, 1.82) is 0 Å². The van der Waals surface area contributed by atoms with Gasteiger partial charge in [0.2, 0.25) is 0 Å². The molecule has 6 nitrogen and oxygen atoms in total. The third kappa shape index (κ3) is 3.81. The van der Waals surface area contributed by atoms with E-state index in [2.05, 4.69) is 25.8 Å². The topological polar surface area (TPSA) is 73.2 Å². The summed E-state index contributed by atoms with van der Waals surface area (Å²) in [6.07, 6.45) is 3.35. The van der Waals surface area contributed by atoms with Gasteiger partial charge in [-0.1, -0.05) is 23.7 Å². The van der Waals surface area contributed by atoms with E-state index >= 15 is 0 Å². The van der Waals surface area contributed by atoms with Gasteiger partial charge < -0.3 is 4.74 Å². The summed E-state index contributed by atoms with van der Waals surface area (Å²) >= 11 is 9.36. The van der Waals surface area contributed by atoms with Gasteiger partial charge in [0.1, 0.15) is 5.75 Å². The molecule has 25 heavy (non-hydrogen) atoms. The summed E-state index contributed by atoms with van der Waals surface area (Å²) < 4.78 is 35.4. The summed E-state index contributed by atoms with van der Waals surface area (Å²) in [5, 5.41) is 4.40. The normalized spacial score (nSPS) is 11.3. The molecule has 0 spiro atoms. The van der Waals surface area contributed by atoms with Gasteiger partial charge in [-0.15, -0.1) is 0 Å². The maximum Gasteiger partial charge on any atom is 0.262 e. The van der Waals surface area contributed by atoms with E-state index in [0.29, 0.717) is 17.1 Å². The van der Waals surface area contributed by atoms with Crippen molar-refractivity contribution in [3.8, 4) is 11.4 Å². The van der Waals surface area contributed by atoms with Gasteiger partial charge in [-0.2, -0.15) is 5.10 Å². The molecule has 3 rings (SSSR count). The molecule has 9 heteroatoms. The lowest BCUT2D eigenvalue weighted by Gasteiger charge is -2.13. The SMILES string of the molecule is COc1ccc(S(=O)(=O)Nc2ccccc2-n2cc(Br)cn2)cc1Cl. The molecule has 130 valence electrons. The largest absolute Gasteiger partial charge is 0.495 e. The van der Waals surface area contributed by atoms with Crippen LogP contribution in [0.15, 0.2) is 64.2 Å². The Kier molecular flexibility index (Phi) is 5.03. The molecule has 1 N–H and O–H groups in total. The number of ether oxygens (including phenoxy) is 1. The van der Waals surface area contributed by atoms with Crippen LogP contribution in [0.3, 0.4) is 0 Å². The molecule has 3 aromatic rings. The van der Waals surface area contributed by atoms with Crippen LogP contribution in [0, 0.1) is 0 Å². The maximum atomic E-state index is 12.7. The van der Waals surface area contributed by atoms with E-state index < -0.39 is 10.0 Å². The lowest BCUT2D eigenvalue weighted by molar-refractivity contribution is 0.414. The van der Waals surface area contributed by atoms with E-state index in [1.165, 1.54) is 25.3 Å². The van der Waals surface area contributed by atoms with Crippen molar-refractivity contribution in [2.75, 3.05) is 11.8 Å². The number of rotatable bonds is 5. The molecule has 0 saturated carbocycles. The second-order valence-electron chi connectivity index (χ2n) is 5.02. The van der Waals surface area contributed by atoms with Crippen molar-refractivity contribution in [2.24, 2.45) is 0 Å². The van der Waals surface area contributed by atoms with Crippen molar-refractivity contribution in [2.45, 2.75) is 4.90 Å². The summed E-state index contributed by atoms with van der Waals surface area (Å²) in [4.78, 5) is 0.0368. The van der Waals surface area contributed by atoms with Crippen molar-refractivity contribution in [3.05, 3.63) is 64.4 Å². The lowest BCUT2D eigenvalue weighted by Crippen LogP contribution is -2.15. The minimum atomic E-state index is -3.83. The highest BCUT2D eigenvalue weighted by atomic mass is 79.9. The highest BCUT2D eigenvalue weighted by Gasteiger charge is 2.18. The van der Waals surface area contributed by atoms with E-state index in [1.54, 1.807) is 41.3 Å². The number of sulfonamides is 1. The van der Waals surface area contributed by atoms with Crippen molar-refractivity contribution >= 4 is 43.2 Å². The zero-order valence-electron chi connectivity index (χ0n) is 13.0. The molecule has 0 fully saturated rings. The smallest absolute Gasteiger partial charge is 0.262 e. The van der Waals surface area contributed by atoms with Crippen LogP contribution in [0.4, 0.5) is 5.69 Å². The standard InChI is InChI=1S/C16H13BrClN3O3S/c1-24-16-7-6-12(8-13(16)18)25(22,23)20-14-4-2-3-5-15(14)21-10-11(17)9-19-21/h2-10,20H,1H3. The first-order valence-corrected chi connectivity index (χ1v) is 9.72. The molecule has 0 amide bonds. The summed E-state index contributed by atoms with van der Waals surface area (Å²) in [6.45, 7) is 0. The number of nitrogens with zero attached hydrogens (tertiary/aromatic N) is 2. The van der Waals surface area contributed by atoms with Crippen LogP contribution in [0.5, 0.6) is 5.75 Å². The van der Waals surface area contributed by atoms with Gasteiger partial charge in [-0.05, 0) is 46.3 Å². The zero-order valence-corrected chi connectivity index (χ0v) is 16.1. The average Bonchev–Trinajstić information content (AvgIpc) is 3.01. The van der Waals surface area contributed by atoms with Gasteiger partial charge in [0, 0.05) is 6.20 Å². The fraction of sp³-hybridized carbons (Fsp3) is 0.0625. The van der Waals surface area contributed by atoms with Crippen LogP contribution >= 0.6 is 27.5 Å². The Morgan fingerprint density at radius 3 is 2.64 bits per heavy atom. The Morgan fingerprint density at radius 1 is 1.24 bits per heavy atom. The van der Waals surface area contributed by atoms with Crippen LogP contribution in [0.2, 0.25) is 5.02 Å². The summed E-state index contributed by atoms with van der Waals surface area (Å²) in [5.74, 6) is 0.405. The van der Waals surface area contributed by atoms with Crippen LogP contribution in [-0.4, -0.2) is 25.3 Å². The van der Waals surface area contributed by atoms with Gasteiger partial charge in [0.05, 0.1) is 39.1 Å². The maximum absolute atomic E-state index is 12.7. The Labute approximate surface area is 158 Å². The fourth-order valence-electron chi connectivity index (χ4n) is 2.21. The van der Waals surface area contributed by atoms with E-state index in [9.17, 15) is 8.42 Å². The number of para-hydroxylation sites is 2. The van der Waals surface area contributed by atoms with Crippen molar-refractivity contribution in [3.63, 3.8) is 0 Å². The molecular weight excluding hydrogens is 430 g/mol. The molecule has 0 aliphatic rings. The molecule has 0 atom stereocenters. The van der Waals surface area contributed by atoms with Gasteiger partial charge in [0.15, 0.2) is 0 Å². The minimum Gasteiger partial charge on any atom is -0.495 e. The monoisotopic (exact) mass is 441 g/mol. The van der Waals surface area contributed by atoms with E-state index in [1.807, 2.05) is 0 Å². The van der Waals surface area contributed by atoms with Gasteiger partial charge in [-0.3, -0.25) is 4.72 Å². The summed E-state index contributed by atoms with van der Waals surface area (Å²) in [6, 6.07) is 11.2. The molecule has 2 aromatic carbocycles. The Balaban J connectivity index is 1.98. The Hall–Kier alpha value is -2.03. The number of aromatic nitrogens is 2. The quantitative estimate of drug-likeness (QED) is 0.646. The third-order valence-corrected chi connectivity index (χ3v) is 5.45. The number of hydrogen-bond donors (Lipinski definition) is 1. The molecular formula is C16H13BrClN3O3S. The number of benzene rings is 2. The number of nitrogens with one attached hydrogen (secondary N) is 1. The lowest BCUT2D eigenvalue weighted by atomic mass is 10.3. The van der Waals surface area contributed by atoms with Crippen LogP contribution < -0.4 is 9.46 Å². The summed E-state index contributed by atoms with van der Waals surface area (Å²) in [5.41, 5.74) is 0.987. The highest BCUT2D eigenvalue weighted by molar-refractivity contribution is 9.10.